The summed E-state index contributed by atoms with van der Waals surface area (Å²) in [6, 6.07) is 2.10. The fourth-order valence-electron chi connectivity index (χ4n) is 1.96. The van der Waals surface area contributed by atoms with E-state index >= 15 is 0 Å². The molecule has 1 amide bonds. The van der Waals surface area contributed by atoms with Crippen molar-refractivity contribution in [1.82, 2.24) is 10.2 Å². The van der Waals surface area contributed by atoms with Crippen molar-refractivity contribution in [3.8, 4) is 0 Å². The van der Waals surface area contributed by atoms with Gasteiger partial charge in [-0.3, -0.25) is 4.79 Å². The Hall–Kier alpha value is -0.910. The second kappa shape index (κ2) is 5.62. The number of aliphatic hydroxyl groups is 1. The number of carbonyl (C=O) groups is 1. The normalized spacial score (nSPS) is 16.7. The van der Waals surface area contributed by atoms with Gasteiger partial charge in [-0.2, -0.15) is 0 Å². The molecule has 0 bridgehead atoms. The Bertz CT molecular complexity index is 390. The first-order chi connectivity index (χ1) is 8.16. The Balaban J connectivity index is 1.82. The minimum absolute atomic E-state index is 0.113. The highest BCUT2D eigenvalue weighted by atomic mass is 32.1. The third-order valence-corrected chi connectivity index (χ3v) is 3.90. The summed E-state index contributed by atoms with van der Waals surface area (Å²) in [5.41, 5.74) is 1.28. The van der Waals surface area contributed by atoms with E-state index in [1.807, 2.05) is 4.90 Å². The zero-order valence-electron chi connectivity index (χ0n) is 9.98. The first-order valence-electron chi connectivity index (χ1n) is 5.88. The van der Waals surface area contributed by atoms with Crippen LogP contribution in [-0.2, 0) is 17.8 Å². The standard InChI is InChI=1S/C12H18N2O2S/c1-9(15)6-13-7-12(16)14-4-2-11-10(8-14)3-5-17-11/h3,5,9,13,15H,2,4,6-8H2,1H3. The summed E-state index contributed by atoms with van der Waals surface area (Å²) in [5, 5.41) is 14.1. The van der Waals surface area contributed by atoms with Crippen molar-refractivity contribution in [2.24, 2.45) is 0 Å². The van der Waals surface area contributed by atoms with Gasteiger partial charge in [0.05, 0.1) is 12.6 Å². The average molecular weight is 254 g/mol. The molecule has 0 fully saturated rings. The molecule has 2 heterocycles. The molecule has 0 aliphatic carbocycles. The fourth-order valence-corrected chi connectivity index (χ4v) is 2.85. The van der Waals surface area contributed by atoms with E-state index in [2.05, 4.69) is 16.8 Å². The molecule has 1 aliphatic rings. The maximum Gasteiger partial charge on any atom is 0.236 e. The second-order valence-corrected chi connectivity index (χ2v) is 5.41. The summed E-state index contributed by atoms with van der Waals surface area (Å²) >= 11 is 1.77. The Morgan fingerprint density at radius 2 is 2.53 bits per heavy atom. The minimum Gasteiger partial charge on any atom is -0.392 e. The molecule has 5 heteroatoms. The first kappa shape index (κ1) is 12.5. The van der Waals surface area contributed by atoms with Crippen molar-refractivity contribution in [1.29, 1.82) is 0 Å². The van der Waals surface area contributed by atoms with Crippen molar-refractivity contribution in [3.63, 3.8) is 0 Å². The summed E-state index contributed by atoms with van der Waals surface area (Å²) in [7, 11) is 0. The Morgan fingerprint density at radius 3 is 3.29 bits per heavy atom. The lowest BCUT2D eigenvalue weighted by Crippen LogP contribution is -2.42. The molecule has 17 heavy (non-hydrogen) atoms. The summed E-state index contributed by atoms with van der Waals surface area (Å²) in [4.78, 5) is 15.2. The number of nitrogens with one attached hydrogen (secondary N) is 1. The number of thiophene rings is 1. The molecule has 94 valence electrons. The van der Waals surface area contributed by atoms with Crippen LogP contribution in [0.15, 0.2) is 11.4 Å². The molecule has 0 spiro atoms. The number of rotatable bonds is 4. The van der Waals surface area contributed by atoms with Crippen LogP contribution < -0.4 is 5.32 Å². The van der Waals surface area contributed by atoms with Gasteiger partial charge in [0, 0.05) is 24.5 Å². The largest absolute Gasteiger partial charge is 0.392 e. The maximum atomic E-state index is 11.9. The van der Waals surface area contributed by atoms with Crippen molar-refractivity contribution in [2.45, 2.75) is 26.0 Å². The van der Waals surface area contributed by atoms with Gasteiger partial charge in [-0.25, -0.2) is 0 Å². The lowest BCUT2D eigenvalue weighted by atomic mass is 10.1. The zero-order chi connectivity index (χ0) is 12.3. The third kappa shape index (κ3) is 3.28. The topological polar surface area (TPSA) is 52.6 Å². The molecule has 1 unspecified atom stereocenters. The lowest BCUT2D eigenvalue weighted by molar-refractivity contribution is -0.131. The molecule has 2 rings (SSSR count). The Kier molecular flexibility index (Phi) is 4.15. The van der Waals surface area contributed by atoms with E-state index in [9.17, 15) is 4.79 Å². The van der Waals surface area contributed by atoms with E-state index in [0.717, 1.165) is 19.5 Å². The van der Waals surface area contributed by atoms with Crippen LogP contribution in [0.4, 0.5) is 0 Å². The molecule has 0 saturated heterocycles. The molecule has 1 aromatic heterocycles. The van der Waals surface area contributed by atoms with Crippen molar-refractivity contribution >= 4 is 17.2 Å². The van der Waals surface area contributed by atoms with Gasteiger partial charge in [-0.1, -0.05) is 0 Å². The van der Waals surface area contributed by atoms with Gasteiger partial charge in [0.15, 0.2) is 0 Å². The Morgan fingerprint density at radius 1 is 1.71 bits per heavy atom. The van der Waals surface area contributed by atoms with Gasteiger partial charge in [0.2, 0.25) is 5.91 Å². The number of carbonyl (C=O) groups excluding carboxylic acids is 1. The van der Waals surface area contributed by atoms with Crippen molar-refractivity contribution < 1.29 is 9.90 Å². The number of amides is 1. The van der Waals surface area contributed by atoms with Crippen LogP contribution in [0.2, 0.25) is 0 Å². The van der Waals surface area contributed by atoms with Crippen LogP contribution in [-0.4, -0.2) is 41.7 Å². The van der Waals surface area contributed by atoms with Crippen LogP contribution in [0.25, 0.3) is 0 Å². The van der Waals surface area contributed by atoms with E-state index < -0.39 is 6.10 Å². The monoisotopic (exact) mass is 254 g/mol. The first-order valence-corrected chi connectivity index (χ1v) is 6.76. The van der Waals surface area contributed by atoms with Crippen molar-refractivity contribution in [3.05, 3.63) is 21.9 Å². The predicted octanol–water partition coefficient (Wildman–Crippen LogP) is 0.603. The van der Waals surface area contributed by atoms with Gasteiger partial charge < -0.3 is 15.3 Å². The predicted molar refractivity (Wildman–Crippen MR) is 68.0 cm³/mol. The van der Waals surface area contributed by atoms with Gasteiger partial charge in [0.1, 0.15) is 0 Å². The van der Waals surface area contributed by atoms with Crippen LogP contribution >= 0.6 is 11.3 Å². The number of aliphatic hydroxyl groups excluding tert-OH is 1. The zero-order valence-corrected chi connectivity index (χ0v) is 10.8. The number of nitrogens with zero attached hydrogens (tertiary/aromatic N) is 1. The molecule has 1 aliphatic heterocycles. The van der Waals surface area contributed by atoms with Gasteiger partial charge in [-0.05, 0) is 30.4 Å². The smallest absolute Gasteiger partial charge is 0.236 e. The molecular weight excluding hydrogens is 236 g/mol. The third-order valence-electron chi connectivity index (χ3n) is 2.88. The van der Waals surface area contributed by atoms with E-state index in [1.54, 1.807) is 18.3 Å². The van der Waals surface area contributed by atoms with Crippen LogP contribution in [0.3, 0.4) is 0 Å². The van der Waals surface area contributed by atoms with Gasteiger partial charge >= 0.3 is 0 Å². The summed E-state index contributed by atoms with van der Waals surface area (Å²) in [5.74, 6) is 0.113. The van der Waals surface area contributed by atoms with Crippen LogP contribution in [0.1, 0.15) is 17.4 Å². The fraction of sp³-hybridized carbons (Fsp3) is 0.583. The number of hydrogen-bond donors (Lipinski definition) is 2. The molecule has 0 aromatic carbocycles. The molecule has 0 radical (unpaired) electrons. The second-order valence-electron chi connectivity index (χ2n) is 4.41. The highest BCUT2D eigenvalue weighted by Crippen LogP contribution is 2.23. The lowest BCUT2D eigenvalue weighted by Gasteiger charge is -2.27. The molecule has 2 N–H and O–H groups in total. The molecule has 4 nitrogen and oxygen atoms in total. The molecule has 0 saturated carbocycles. The van der Waals surface area contributed by atoms with Crippen molar-refractivity contribution in [2.75, 3.05) is 19.6 Å². The highest BCUT2D eigenvalue weighted by molar-refractivity contribution is 7.10. The van der Waals surface area contributed by atoms with E-state index in [0.29, 0.717) is 13.1 Å². The molecule has 1 aromatic rings. The molecule has 1 atom stereocenters. The minimum atomic E-state index is -0.410. The van der Waals surface area contributed by atoms with E-state index in [4.69, 9.17) is 5.11 Å². The number of fused-ring (bicyclic) bond motifs is 1. The summed E-state index contributed by atoms with van der Waals surface area (Å²) in [6.07, 6.45) is 0.558. The molecular formula is C12H18N2O2S. The summed E-state index contributed by atoms with van der Waals surface area (Å²) < 4.78 is 0. The SMILES string of the molecule is CC(O)CNCC(=O)N1CCc2sccc2C1. The highest BCUT2D eigenvalue weighted by Gasteiger charge is 2.20. The van der Waals surface area contributed by atoms with Crippen LogP contribution in [0, 0.1) is 0 Å². The van der Waals surface area contributed by atoms with Gasteiger partial charge in [0.25, 0.3) is 0 Å². The van der Waals surface area contributed by atoms with E-state index in [-0.39, 0.29) is 5.91 Å². The quantitative estimate of drug-likeness (QED) is 0.827. The maximum absolute atomic E-state index is 11.9. The average Bonchev–Trinajstić information content (AvgIpc) is 2.75. The van der Waals surface area contributed by atoms with Gasteiger partial charge in [-0.15, -0.1) is 11.3 Å². The summed E-state index contributed by atoms with van der Waals surface area (Å²) in [6.45, 7) is 4.01. The van der Waals surface area contributed by atoms with E-state index in [1.165, 1.54) is 10.4 Å². The van der Waals surface area contributed by atoms with Crippen LogP contribution in [0.5, 0.6) is 0 Å². The Labute approximate surface area is 105 Å². The number of hydrogen-bond acceptors (Lipinski definition) is 4.